The van der Waals surface area contributed by atoms with E-state index in [1.54, 1.807) is 0 Å². The Morgan fingerprint density at radius 3 is 2.79 bits per heavy atom. The first-order valence-corrected chi connectivity index (χ1v) is 6.23. The highest BCUT2D eigenvalue weighted by atomic mass is 32.2. The van der Waals surface area contributed by atoms with Gasteiger partial charge in [0.1, 0.15) is 0 Å². The van der Waals surface area contributed by atoms with Crippen molar-refractivity contribution in [3.8, 4) is 0 Å². The zero-order valence-corrected chi connectivity index (χ0v) is 10.0. The Morgan fingerprint density at radius 2 is 2.29 bits per heavy atom. The van der Waals surface area contributed by atoms with E-state index in [9.17, 15) is 4.79 Å². The number of hydrogen-bond acceptors (Lipinski definition) is 3. The second kappa shape index (κ2) is 5.03. The summed E-state index contributed by atoms with van der Waals surface area (Å²) in [6.45, 7) is 8.05. The third-order valence-corrected chi connectivity index (χ3v) is 3.09. The molecule has 1 fully saturated rings. The minimum absolute atomic E-state index is 0.0103. The predicted molar refractivity (Wildman–Crippen MR) is 61.6 cm³/mol. The molecule has 1 rings (SSSR count). The maximum atomic E-state index is 11.7. The van der Waals surface area contributed by atoms with Crippen LogP contribution in [-0.4, -0.2) is 36.5 Å². The SMILES string of the molecule is CC(C)(C)CNC(=O)C1CSCCN1. The maximum Gasteiger partial charge on any atom is 0.238 e. The molecule has 0 aromatic carbocycles. The van der Waals surface area contributed by atoms with Crippen LogP contribution in [0.25, 0.3) is 0 Å². The Labute approximate surface area is 90.4 Å². The topological polar surface area (TPSA) is 41.1 Å². The van der Waals surface area contributed by atoms with E-state index in [0.29, 0.717) is 0 Å². The average Bonchev–Trinajstić information content (AvgIpc) is 2.14. The summed E-state index contributed by atoms with van der Waals surface area (Å²) in [7, 11) is 0. The molecule has 1 amide bonds. The molecule has 2 N–H and O–H groups in total. The molecule has 0 aromatic heterocycles. The first kappa shape index (κ1) is 11.9. The molecule has 1 aliphatic heterocycles. The molecular formula is C10H20N2OS. The molecule has 0 spiro atoms. The molecular weight excluding hydrogens is 196 g/mol. The average molecular weight is 216 g/mol. The Morgan fingerprint density at radius 1 is 1.57 bits per heavy atom. The zero-order valence-electron chi connectivity index (χ0n) is 9.22. The maximum absolute atomic E-state index is 11.7. The van der Waals surface area contributed by atoms with Gasteiger partial charge < -0.3 is 10.6 Å². The summed E-state index contributed by atoms with van der Waals surface area (Å²) in [5.41, 5.74) is 0.164. The molecule has 0 bridgehead atoms. The van der Waals surface area contributed by atoms with Crippen LogP contribution in [0.5, 0.6) is 0 Å². The highest BCUT2D eigenvalue weighted by Gasteiger charge is 2.21. The minimum atomic E-state index is 0.0103. The Bertz CT molecular complexity index is 195. The second-order valence-electron chi connectivity index (χ2n) is 4.86. The van der Waals surface area contributed by atoms with Crippen LogP contribution < -0.4 is 10.6 Å². The normalized spacial score (nSPS) is 23.2. The number of nitrogens with one attached hydrogen (secondary N) is 2. The fourth-order valence-electron chi connectivity index (χ4n) is 1.21. The van der Waals surface area contributed by atoms with Crippen LogP contribution >= 0.6 is 11.8 Å². The van der Waals surface area contributed by atoms with Gasteiger partial charge in [0.05, 0.1) is 6.04 Å². The number of thioether (sulfide) groups is 1. The summed E-state index contributed by atoms with van der Waals surface area (Å²) in [5, 5.41) is 6.20. The van der Waals surface area contributed by atoms with Crippen molar-refractivity contribution in [1.29, 1.82) is 0 Å². The number of amides is 1. The molecule has 3 nitrogen and oxygen atoms in total. The standard InChI is InChI=1S/C10H20N2OS/c1-10(2,3)7-12-9(13)8-6-14-5-4-11-8/h8,11H,4-7H2,1-3H3,(H,12,13). The molecule has 82 valence electrons. The zero-order chi connectivity index (χ0) is 10.6. The molecule has 1 atom stereocenters. The van der Waals surface area contributed by atoms with Crippen LogP contribution in [0.1, 0.15) is 20.8 Å². The summed E-state index contributed by atoms with van der Waals surface area (Å²) < 4.78 is 0. The van der Waals surface area contributed by atoms with Gasteiger partial charge in [-0.1, -0.05) is 20.8 Å². The van der Waals surface area contributed by atoms with Crippen LogP contribution in [0.3, 0.4) is 0 Å². The lowest BCUT2D eigenvalue weighted by Crippen LogP contribution is -2.50. The van der Waals surface area contributed by atoms with Gasteiger partial charge in [-0.3, -0.25) is 4.79 Å². The van der Waals surface area contributed by atoms with Crippen molar-refractivity contribution >= 4 is 17.7 Å². The van der Waals surface area contributed by atoms with Crippen molar-refractivity contribution in [3.05, 3.63) is 0 Å². The number of hydrogen-bond donors (Lipinski definition) is 2. The molecule has 1 heterocycles. The highest BCUT2D eigenvalue weighted by molar-refractivity contribution is 7.99. The van der Waals surface area contributed by atoms with Crippen molar-refractivity contribution in [2.75, 3.05) is 24.6 Å². The van der Waals surface area contributed by atoms with Gasteiger partial charge in [0, 0.05) is 24.6 Å². The third-order valence-electron chi connectivity index (χ3n) is 2.03. The van der Waals surface area contributed by atoms with E-state index in [-0.39, 0.29) is 17.4 Å². The number of carbonyl (C=O) groups is 1. The first-order valence-electron chi connectivity index (χ1n) is 5.08. The van der Waals surface area contributed by atoms with Gasteiger partial charge in [-0.15, -0.1) is 0 Å². The summed E-state index contributed by atoms with van der Waals surface area (Å²) in [5.74, 6) is 2.16. The summed E-state index contributed by atoms with van der Waals surface area (Å²) in [6.07, 6.45) is 0. The van der Waals surface area contributed by atoms with Gasteiger partial charge in [0.15, 0.2) is 0 Å². The van der Waals surface area contributed by atoms with Crippen LogP contribution in [0.15, 0.2) is 0 Å². The van der Waals surface area contributed by atoms with Gasteiger partial charge in [0.2, 0.25) is 5.91 Å². The van der Waals surface area contributed by atoms with Gasteiger partial charge in [-0.2, -0.15) is 11.8 Å². The van der Waals surface area contributed by atoms with Gasteiger partial charge in [0.25, 0.3) is 0 Å². The predicted octanol–water partition coefficient (Wildman–Crippen LogP) is 0.854. The first-order chi connectivity index (χ1) is 6.49. The lowest BCUT2D eigenvalue weighted by atomic mass is 9.97. The smallest absolute Gasteiger partial charge is 0.238 e. The Kier molecular flexibility index (Phi) is 4.26. The number of rotatable bonds is 2. The minimum Gasteiger partial charge on any atom is -0.354 e. The quantitative estimate of drug-likeness (QED) is 0.719. The third kappa shape index (κ3) is 4.33. The van der Waals surface area contributed by atoms with Gasteiger partial charge in [-0.05, 0) is 5.41 Å². The number of carbonyl (C=O) groups excluding carboxylic acids is 1. The van der Waals surface area contributed by atoms with Crippen molar-refractivity contribution in [2.24, 2.45) is 5.41 Å². The Hall–Kier alpha value is -0.220. The van der Waals surface area contributed by atoms with E-state index in [1.165, 1.54) is 0 Å². The van der Waals surface area contributed by atoms with Crippen molar-refractivity contribution in [2.45, 2.75) is 26.8 Å². The largest absolute Gasteiger partial charge is 0.354 e. The van der Waals surface area contributed by atoms with Crippen LogP contribution in [0, 0.1) is 5.41 Å². The molecule has 1 saturated heterocycles. The fraction of sp³-hybridized carbons (Fsp3) is 0.900. The van der Waals surface area contributed by atoms with Crippen LogP contribution in [0.4, 0.5) is 0 Å². The second-order valence-corrected chi connectivity index (χ2v) is 6.01. The van der Waals surface area contributed by atoms with Gasteiger partial charge in [-0.25, -0.2) is 0 Å². The molecule has 0 saturated carbocycles. The summed E-state index contributed by atoms with van der Waals surface area (Å²) in [4.78, 5) is 11.7. The van der Waals surface area contributed by atoms with Gasteiger partial charge >= 0.3 is 0 Å². The molecule has 0 aromatic rings. The molecule has 1 aliphatic rings. The van der Waals surface area contributed by atoms with E-state index < -0.39 is 0 Å². The Balaban J connectivity index is 2.27. The van der Waals surface area contributed by atoms with E-state index in [4.69, 9.17) is 0 Å². The lowest BCUT2D eigenvalue weighted by Gasteiger charge is -2.25. The fourth-order valence-corrected chi connectivity index (χ4v) is 2.14. The molecule has 4 heteroatoms. The van der Waals surface area contributed by atoms with E-state index >= 15 is 0 Å². The molecule has 0 aliphatic carbocycles. The van der Waals surface area contributed by atoms with Crippen molar-refractivity contribution in [1.82, 2.24) is 10.6 Å². The van der Waals surface area contributed by atoms with E-state index in [2.05, 4.69) is 31.4 Å². The molecule has 0 radical (unpaired) electrons. The van der Waals surface area contributed by atoms with E-state index in [0.717, 1.165) is 24.6 Å². The molecule has 14 heavy (non-hydrogen) atoms. The van der Waals surface area contributed by atoms with Crippen LogP contribution in [0.2, 0.25) is 0 Å². The lowest BCUT2D eigenvalue weighted by molar-refractivity contribution is -0.123. The van der Waals surface area contributed by atoms with Crippen LogP contribution in [-0.2, 0) is 4.79 Å². The summed E-state index contributed by atoms with van der Waals surface area (Å²) in [6, 6.07) is 0.0103. The highest BCUT2D eigenvalue weighted by Crippen LogP contribution is 2.11. The molecule has 1 unspecified atom stereocenters. The van der Waals surface area contributed by atoms with Crippen molar-refractivity contribution in [3.63, 3.8) is 0 Å². The monoisotopic (exact) mass is 216 g/mol. The van der Waals surface area contributed by atoms with E-state index in [1.807, 2.05) is 11.8 Å². The summed E-state index contributed by atoms with van der Waals surface area (Å²) >= 11 is 1.84. The van der Waals surface area contributed by atoms with Crippen molar-refractivity contribution < 1.29 is 4.79 Å².